The Balaban J connectivity index is 2.76. The second kappa shape index (κ2) is 2.07. The molecule has 0 saturated heterocycles. The van der Waals surface area contributed by atoms with E-state index in [2.05, 4.69) is 17.6 Å². The van der Waals surface area contributed by atoms with Gasteiger partial charge >= 0.3 is 0 Å². The summed E-state index contributed by atoms with van der Waals surface area (Å²) in [5, 5.41) is 0. The fourth-order valence-corrected chi connectivity index (χ4v) is 0.663. The van der Waals surface area contributed by atoms with Crippen molar-refractivity contribution < 1.29 is 0 Å². The minimum absolute atomic E-state index is 0.799. The molecular weight excluding hydrogens is 106 g/mol. The molecule has 0 aromatic carbocycles. The zero-order valence-corrected chi connectivity index (χ0v) is 4.78. The molecule has 0 fully saturated rings. The van der Waals surface area contributed by atoms with E-state index in [9.17, 15) is 0 Å². The van der Waals surface area contributed by atoms with Gasteiger partial charge in [0.2, 0.25) is 0 Å². The summed E-state index contributed by atoms with van der Waals surface area (Å²) in [6, 6.07) is 3.97. The third kappa shape index (κ3) is 0.996. The lowest BCUT2D eigenvalue weighted by Crippen LogP contribution is -1.70. The maximum atomic E-state index is 4.04. The Labute approximate surface area is 48.2 Å². The quantitative estimate of drug-likeness (QED) is 0.513. The van der Waals surface area contributed by atoms with Crippen LogP contribution in [0.4, 0.5) is 0 Å². The van der Waals surface area contributed by atoms with E-state index in [4.69, 9.17) is 0 Å². The summed E-state index contributed by atoms with van der Waals surface area (Å²) in [6.45, 7) is 0. The van der Waals surface area contributed by atoms with Crippen molar-refractivity contribution in [1.82, 2.24) is 4.98 Å². The largest absolute Gasteiger partial charge is 0.364 e. The molecule has 0 bridgehead atoms. The Bertz CT molecular complexity index is 123. The number of aromatic amines is 1. The molecule has 0 atom stereocenters. The molecule has 38 valence electrons. The summed E-state index contributed by atoms with van der Waals surface area (Å²) >= 11 is 4.04. The lowest BCUT2D eigenvalue weighted by Gasteiger charge is -1.80. The van der Waals surface area contributed by atoms with Crippen molar-refractivity contribution in [2.45, 2.75) is 5.75 Å². The SMILES string of the molecule is SCc1ccc[nH]1. The molecule has 1 nitrogen and oxygen atoms in total. The molecule has 0 aliphatic heterocycles. The summed E-state index contributed by atoms with van der Waals surface area (Å²) in [5.74, 6) is 0.799. The van der Waals surface area contributed by atoms with Crippen LogP contribution >= 0.6 is 12.6 Å². The van der Waals surface area contributed by atoms with Crippen LogP contribution in [0.5, 0.6) is 0 Å². The Morgan fingerprint density at radius 2 is 2.57 bits per heavy atom. The van der Waals surface area contributed by atoms with Crippen molar-refractivity contribution in [3.8, 4) is 0 Å². The molecule has 1 rings (SSSR count). The first-order chi connectivity index (χ1) is 3.43. The number of hydrogen-bond donors (Lipinski definition) is 2. The monoisotopic (exact) mass is 113 g/mol. The van der Waals surface area contributed by atoms with Crippen LogP contribution in [0.1, 0.15) is 5.69 Å². The highest BCUT2D eigenvalue weighted by molar-refractivity contribution is 7.79. The summed E-state index contributed by atoms with van der Waals surface area (Å²) in [7, 11) is 0. The van der Waals surface area contributed by atoms with Crippen LogP contribution < -0.4 is 0 Å². The molecule has 0 unspecified atom stereocenters. The summed E-state index contributed by atoms with van der Waals surface area (Å²) < 4.78 is 0. The first kappa shape index (κ1) is 4.78. The van der Waals surface area contributed by atoms with Crippen molar-refractivity contribution in [1.29, 1.82) is 0 Å². The maximum Gasteiger partial charge on any atom is 0.0305 e. The van der Waals surface area contributed by atoms with E-state index < -0.39 is 0 Å². The van der Waals surface area contributed by atoms with Gasteiger partial charge in [-0.2, -0.15) is 12.6 Å². The molecule has 0 aliphatic rings. The van der Waals surface area contributed by atoms with Crippen LogP contribution in [0.2, 0.25) is 0 Å². The lowest BCUT2D eigenvalue weighted by molar-refractivity contribution is 1.24. The number of thiol groups is 1. The van der Waals surface area contributed by atoms with Gasteiger partial charge in [-0.25, -0.2) is 0 Å². The van der Waals surface area contributed by atoms with Gasteiger partial charge in [-0.1, -0.05) is 0 Å². The highest BCUT2D eigenvalue weighted by Crippen LogP contribution is 1.96. The van der Waals surface area contributed by atoms with E-state index in [0.717, 1.165) is 5.75 Å². The average molecular weight is 113 g/mol. The maximum absolute atomic E-state index is 4.04. The van der Waals surface area contributed by atoms with Crippen molar-refractivity contribution in [3.05, 3.63) is 24.0 Å². The Kier molecular flexibility index (Phi) is 1.42. The molecule has 1 N–H and O–H groups in total. The van der Waals surface area contributed by atoms with Gasteiger partial charge in [-0.15, -0.1) is 0 Å². The van der Waals surface area contributed by atoms with Crippen molar-refractivity contribution in [2.24, 2.45) is 0 Å². The second-order valence-electron chi connectivity index (χ2n) is 1.35. The number of hydrogen-bond acceptors (Lipinski definition) is 1. The fourth-order valence-electron chi connectivity index (χ4n) is 0.466. The molecule has 7 heavy (non-hydrogen) atoms. The van der Waals surface area contributed by atoms with Crippen molar-refractivity contribution >= 4 is 12.6 Å². The first-order valence-electron chi connectivity index (χ1n) is 2.16. The number of aromatic nitrogens is 1. The molecule has 0 spiro atoms. The zero-order valence-electron chi connectivity index (χ0n) is 3.89. The van der Waals surface area contributed by atoms with Crippen molar-refractivity contribution in [3.63, 3.8) is 0 Å². The van der Waals surface area contributed by atoms with Gasteiger partial charge in [0.25, 0.3) is 0 Å². The van der Waals surface area contributed by atoms with E-state index in [1.165, 1.54) is 5.69 Å². The van der Waals surface area contributed by atoms with E-state index in [0.29, 0.717) is 0 Å². The number of rotatable bonds is 1. The van der Waals surface area contributed by atoms with Crippen LogP contribution in [0.15, 0.2) is 18.3 Å². The minimum Gasteiger partial charge on any atom is -0.364 e. The molecule has 0 radical (unpaired) electrons. The molecule has 1 aromatic rings. The Morgan fingerprint density at radius 1 is 1.71 bits per heavy atom. The van der Waals surface area contributed by atoms with E-state index >= 15 is 0 Å². The summed E-state index contributed by atoms with van der Waals surface area (Å²) in [5.41, 5.74) is 1.17. The second-order valence-corrected chi connectivity index (χ2v) is 1.67. The van der Waals surface area contributed by atoms with Crippen LogP contribution in [0.25, 0.3) is 0 Å². The highest BCUT2D eigenvalue weighted by Gasteiger charge is 1.81. The molecular formula is C5H7NS. The molecule has 2 heteroatoms. The zero-order chi connectivity index (χ0) is 5.11. The average Bonchev–Trinajstić information content (AvgIpc) is 2.14. The third-order valence-corrected chi connectivity index (χ3v) is 1.17. The summed E-state index contributed by atoms with van der Waals surface area (Å²) in [6.07, 6.45) is 1.89. The molecule has 0 saturated carbocycles. The molecule has 1 heterocycles. The smallest absolute Gasteiger partial charge is 0.0305 e. The minimum atomic E-state index is 0.799. The Hall–Kier alpha value is -0.370. The van der Waals surface area contributed by atoms with Gasteiger partial charge in [-0.3, -0.25) is 0 Å². The van der Waals surface area contributed by atoms with Gasteiger partial charge in [0.05, 0.1) is 0 Å². The van der Waals surface area contributed by atoms with Gasteiger partial charge in [0, 0.05) is 17.6 Å². The van der Waals surface area contributed by atoms with Crippen LogP contribution in [0.3, 0.4) is 0 Å². The number of H-pyrrole nitrogens is 1. The summed E-state index contributed by atoms with van der Waals surface area (Å²) in [4.78, 5) is 3.01. The first-order valence-corrected chi connectivity index (χ1v) is 2.80. The normalized spacial score (nSPS) is 9.29. The van der Waals surface area contributed by atoms with Gasteiger partial charge in [0.1, 0.15) is 0 Å². The van der Waals surface area contributed by atoms with Gasteiger partial charge in [-0.05, 0) is 12.1 Å². The molecule has 0 amide bonds. The van der Waals surface area contributed by atoms with Crippen LogP contribution in [-0.2, 0) is 5.75 Å². The lowest BCUT2D eigenvalue weighted by atomic mass is 10.5. The van der Waals surface area contributed by atoms with E-state index in [-0.39, 0.29) is 0 Å². The van der Waals surface area contributed by atoms with E-state index in [1.807, 2.05) is 18.3 Å². The third-order valence-electron chi connectivity index (χ3n) is 0.833. The van der Waals surface area contributed by atoms with Gasteiger partial charge < -0.3 is 4.98 Å². The fraction of sp³-hybridized carbons (Fsp3) is 0.200. The molecule has 0 aliphatic carbocycles. The van der Waals surface area contributed by atoms with Crippen LogP contribution in [0, 0.1) is 0 Å². The predicted molar refractivity (Wildman–Crippen MR) is 33.5 cm³/mol. The standard InChI is InChI=1S/C5H7NS/c7-4-5-2-1-3-6-5/h1-3,6-7H,4H2. The number of nitrogens with one attached hydrogen (secondary N) is 1. The van der Waals surface area contributed by atoms with Crippen LogP contribution in [-0.4, -0.2) is 4.98 Å². The molecule has 1 aromatic heterocycles. The van der Waals surface area contributed by atoms with Crippen molar-refractivity contribution in [2.75, 3.05) is 0 Å². The van der Waals surface area contributed by atoms with Gasteiger partial charge in [0.15, 0.2) is 0 Å². The Morgan fingerprint density at radius 3 is 2.86 bits per heavy atom. The van der Waals surface area contributed by atoms with E-state index in [1.54, 1.807) is 0 Å². The highest BCUT2D eigenvalue weighted by atomic mass is 32.1. The predicted octanol–water partition coefficient (Wildman–Crippen LogP) is 1.44. The topological polar surface area (TPSA) is 15.8 Å².